The van der Waals surface area contributed by atoms with Crippen molar-refractivity contribution in [1.29, 1.82) is 0 Å². The van der Waals surface area contributed by atoms with E-state index in [2.05, 4.69) is 15.8 Å². The first-order valence-corrected chi connectivity index (χ1v) is 7.66. The highest BCUT2D eigenvalue weighted by Crippen LogP contribution is 2.20. The number of rotatable bonds is 4. The van der Waals surface area contributed by atoms with Gasteiger partial charge in [0.1, 0.15) is 0 Å². The first kappa shape index (κ1) is 16.8. The normalized spacial score (nSPS) is 11.0. The van der Waals surface area contributed by atoms with Crippen LogP contribution in [-0.4, -0.2) is 23.7 Å². The molecule has 0 aliphatic heterocycles. The fourth-order valence-corrected chi connectivity index (χ4v) is 2.10. The molecule has 0 heterocycles. The van der Waals surface area contributed by atoms with Gasteiger partial charge in [-0.25, -0.2) is 0 Å². The molecule has 0 spiro atoms. The molecule has 0 saturated carbocycles. The van der Waals surface area contributed by atoms with Crippen molar-refractivity contribution in [3.8, 4) is 11.1 Å². The Morgan fingerprint density at radius 2 is 1.39 bits per heavy atom. The standard InChI is InChI=1S/C18H19N3OS/c1-12(20-21-18(23)19-3)14-4-8-16(9-5-14)17-10-6-15(7-11-17)13(2)22/h4-11H,1-3H3,(H2,19,21,23)/b20-12+. The summed E-state index contributed by atoms with van der Waals surface area (Å²) in [5, 5.41) is 7.51. The van der Waals surface area contributed by atoms with Crippen molar-refractivity contribution >= 4 is 28.8 Å². The van der Waals surface area contributed by atoms with Crippen molar-refractivity contribution in [2.24, 2.45) is 5.10 Å². The van der Waals surface area contributed by atoms with Crippen LogP contribution in [0.2, 0.25) is 0 Å². The Morgan fingerprint density at radius 1 is 0.913 bits per heavy atom. The largest absolute Gasteiger partial charge is 0.364 e. The molecule has 2 aromatic rings. The van der Waals surface area contributed by atoms with E-state index >= 15 is 0 Å². The summed E-state index contributed by atoms with van der Waals surface area (Å²) >= 11 is 4.98. The van der Waals surface area contributed by atoms with E-state index in [1.54, 1.807) is 14.0 Å². The van der Waals surface area contributed by atoms with Crippen molar-refractivity contribution in [2.45, 2.75) is 13.8 Å². The summed E-state index contributed by atoms with van der Waals surface area (Å²) in [6.45, 7) is 3.49. The number of hydrogen-bond donors (Lipinski definition) is 2. The number of carbonyl (C=O) groups excluding carboxylic acids is 1. The highest BCUT2D eigenvalue weighted by atomic mass is 32.1. The van der Waals surface area contributed by atoms with Gasteiger partial charge in [0, 0.05) is 12.6 Å². The zero-order valence-electron chi connectivity index (χ0n) is 13.4. The molecule has 2 aromatic carbocycles. The van der Waals surface area contributed by atoms with Crippen LogP contribution in [0.3, 0.4) is 0 Å². The Labute approximate surface area is 141 Å². The van der Waals surface area contributed by atoms with E-state index in [1.807, 2.05) is 55.5 Å². The summed E-state index contributed by atoms with van der Waals surface area (Å²) in [5.74, 6) is 0.0747. The predicted molar refractivity (Wildman–Crippen MR) is 98.9 cm³/mol. The minimum Gasteiger partial charge on any atom is -0.364 e. The molecule has 0 aliphatic rings. The van der Waals surface area contributed by atoms with Gasteiger partial charge in [-0.1, -0.05) is 48.5 Å². The van der Waals surface area contributed by atoms with E-state index in [-0.39, 0.29) is 5.78 Å². The van der Waals surface area contributed by atoms with Crippen LogP contribution in [0.4, 0.5) is 0 Å². The number of Topliss-reactive ketones (excluding diaryl/α,β-unsaturated/α-hetero) is 1. The van der Waals surface area contributed by atoms with Crippen LogP contribution in [-0.2, 0) is 0 Å². The average Bonchev–Trinajstić information content (AvgIpc) is 2.59. The molecule has 0 bridgehead atoms. The second-order valence-electron chi connectivity index (χ2n) is 5.10. The molecule has 0 aromatic heterocycles. The fourth-order valence-electron chi connectivity index (χ4n) is 2.06. The van der Waals surface area contributed by atoms with Crippen molar-refractivity contribution in [1.82, 2.24) is 10.7 Å². The Bertz CT molecular complexity index is 734. The van der Waals surface area contributed by atoms with Crippen LogP contribution < -0.4 is 10.7 Å². The monoisotopic (exact) mass is 325 g/mol. The molecular formula is C18H19N3OS. The maximum atomic E-state index is 11.3. The molecule has 2 N–H and O–H groups in total. The molecule has 0 fully saturated rings. The third-order valence-corrected chi connectivity index (χ3v) is 3.78. The number of nitrogens with zero attached hydrogens (tertiary/aromatic N) is 1. The van der Waals surface area contributed by atoms with Crippen molar-refractivity contribution in [2.75, 3.05) is 7.05 Å². The van der Waals surface area contributed by atoms with Gasteiger partial charge in [0.25, 0.3) is 0 Å². The van der Waals surface area contributed by atoms with Gasteiger partial charge in [0.05, 0.1) is 5.71 Å². The lowest BCUT2D eigenvalue weighted by atomic mass is 10.0. The van der Waals surface area contributed by atoms with Gasteiger partial charge in [-0.2, -0.15) is 5.10 Å². The van der Waals surface area contributed by atoms with Crippen molar-refractivity contribution < 1.29 is 4.79 Å². The molecule has 4 nitrogen and oxygen atoms in total. The second-order valence-corrected chi connectivity index (χ2v) is 5.51. The van der Waals surface area contributed by atoms with Gasteiger partial charge in [0.15, 0.2) is 10.9 Å². The van der Waals surface area contributed by atoms with Gasteiger partial charge >= 0.3 is 0 Å². The topological polar surface area (TPSA) is 53.5 Å². The van der Waals surface area contributed by atoms with Crippen molar-refractivity contribution in [3.05, 3.63) is 59.7 Å². The quantitative estimate of drug-likeness (QED) is 0.392. The summed E-state index contributed by atoms with van der Waals surface area (Å²) < 4.78 is 0. The molecule has 0 radical (unpaired) electrons. The molecule has 0 amide bonds. The average molecular weight is 325 g/mol. The fraction of sp³-hybridized carbons (Fsp3) is 0.167. The summed E-state index contributed by atoms with van der Waals surface area (Å²) in [6, 6.07) is 15.7. The smallest absolute Gasteiger partial charge is 0.186 e. The Kier molecular flexibility index (Phi) is 5.60. The number of carbonyl (C=O) groups is 1. The molecule has 0 atom stereocenters. The van der Waals surface area contributed by atoms with E-state index in [1.165, 1.54) is 0 Å². The zero-order chi connectivity index (χ0) is 16.8. The number of nitrogens with one attached hydrogen (secondary N) is 2. The highest BCUT2D eigenvalue weighted by molar-refractivity contribution is 7.80. The van der Waals surface area contributed by atoms with Crippen LogP contribution in [0.5, 0.6) is 0 Å². The molecule has 0 unspecified atom stereocenters. The van der Waals surface area contributed by atoms with Gasteiger partial charge in [0.2, 0.25) is 0 Å². The van der Waals surface area contributed by atoms with Crippen LogP contribution in [0.1, 0.15) is 29.8 Å². The zero-order valence-corrected chi connectivity index (χ0v) is 14.2. The Hall–Kier alpha value is -2.53. The van der Waals surface area contributed by atoms with Crippen LogP contribution >= 0.6 is 12.2 Å². The minimum atomic E-state index is 0.0747. The van der Waals surface area contributed by atoms with Gasteiger partial charge in [-0.3, -0.25) is 10.2 Å². The third kappa shape index (κ3) is 4.47. The van der Waals surface area contributed by atoms with E-state index in [9.17, 15) is 4.79 Å². The van der Waals surface area contributed by atoms with Gasteiger partial charge in [-0.15, -0.1) is 0 Å². The maximum absolute atomic E-state index is 11.3. The van der Waals surface area contributed by atoms with E-state index < -0.39 is 0 Å². The predicted octanol–water partition coefficient (Wildman–Crippen LogP) is 3.37. The lowest BCUT2D eigenvalue weighted by Gasteiger charge is -2.06. The molecule has 118 valence electrons. The molecule has 2 rings (SSSR count). The molecule has 23 heavy (non-hydrogen) atoms. The number of thiocarbonyl (C=S) groups is 1. The summed E-state index contributed by atoms with van der Waals surface area (Å²) in [6.07, 6.45) is 0. The molecule has 0 aliphatic carbocycles. The number of ketones is 1. The van der Waals surface area contributed by atoms with E-state index in [0.717, 1.165) is 28.0 Å². The summed E-state index contributed by atoms with van der Waals surface area (Å²) in [7, 11) is 1.74. The van der Waals surface area contributed by atoms with Crippen molar-refractivity contribution in [3.63, 3.8) is 0 Å². The number of hydrogen-bond acceptors (Lipinski definition) is 3. The maximum Gasteiger partial charge on any atom is 0.186 e. The summed E-state index contributed by atoms with van der Waals surface area (Å²) in [5.41, 5.74) is 7.52. The lowest BCUT2D eigenvalue weighted by Crippen LogP contribution is -2.29. The summed E-state index contributed by atoms with van der Waals surface area (Å²) in [4.78, 5) is 11.3. The van der Waals surface area contributed by atoms with E-state index in [0.29, 0.717) is 5.11 Å². The number of hydrazone groups is 1. The van der Waals surface area contributed by atoms with Gasteiger partial charge < -0.3 is 5.32 Å². The highest BCUT2D eigenvalue weighted by Gasteiger charge is 2.03. The Morgan fingerprint density at radius 3 is 1.83 bits per heavy atom. The van der Waals surface area contributed by atoms with E-state index in [4.69, 9.17) is 12.2 Å². The van der Waals surface area contributed by atoms with Gasteiger partial charge in [-0.05, 0) is 42.8 Å². The van der Waals surface area contributed by atoms with Crippen LogP contribution in [0.25, 0.3) is 11.1 Å². The van der Waals surface area contributed by atoms with Crippen LogP contribution in [0, 0.1) is 0 Å². The van der Waals surface area contributed by atoms with Crippen LogP contribution in [0.15, 0.2) is 53.6 Å². The molecule has 0 saturated heterocycles. The molecular weight excluding hydrogens is 306 g/mol. The lowest BCUT2D eigenvalue weighted by molar-refractivity contribution is 0.101. The Balaban J connectivity index is 2.15. The third-order valence-electron chi connectivity index (χ3n) is 3.48. The first-order valence-electron chi connectivity index (χ1n) is 7.25. The minimum absolute atomic E-state index is 0.0747. The first-order chi connectivity index (χ1) is 11.0. The SMILES string of the molecule is CNC(=S)N/N=C(\C)c1ccc(-c2ccc(C(C)=O)cc2)cc1. The molecule has 5 heteroatoms. The second kappa shape index (κ2) is 7.65. The number of benzene rings is 2.